The molecule has 0 aliphatic carbocycles. The van der Waals surface area contributed by atoms with Gasteiger partial charge in [0.25, 0.3) is 0 Å². The second-order valence-electron chi connectivity index (χ2n) is 6.40. The number of aliphatic hydroxyl groups excluding tert-OH is 1. The van der Waals surface area contributed by atoms with Gasteiger partial charge in [-0.3, -0.25) is 10.6 Å². The zero-order chi connectivity index (χ0) is 19.5. The number of amides is 2. The van der Waals surface area contributed by atoms with Crippen LogP contribution in [-0.2, 0) is 6.42 Å². The number of nitrogens with one attached hydrogen (secondary N) is 3. The van der Waals surface area contributed by atoms with Gasteiger partial charge in [0, 0.05) is 6.54 Å². The molecule has 28 heavy (non-hydrogen) atoms. The predicted octanol–water partition coefficient (Wildman–Crippen LogP) is 2.35. The first-order chi connectivity index (χ1) is 13.6. The van der Waals surface area contributed by atoms with E-state index in [2.05, 4.69) is 36.1 Å². The van der Waals surface area contributed by atoms with Crippen LogP contribution in [0.1, 0.15) is 24.3 Å². The molecule has 0 spiro atoms. The van der Waals surface area contributed by atoms with Crippen molar-refractivity contribution < 1.29 is 9.90 Å². The minimum absolute atomic E-state index is 0.0436. The van der Waals surface area contributed by atoms with Crippen molar-refractivity contribution in [2.24, 2.45) is 0 Å². The summed E-state index contributed by atoms with van der Waals surface area (Å²) in [5, 5.41) is 26.6. The number of hydrogen-bond acceptors (Lipinski definition) is 8. The highest BCUT2D eigenvalue weighted by molar-refractivity contribution is 7.16. The van der Waals surface area contributed by atoms with E-state index in [-0.39, 0.29) is 12.6 Å². The number of fused-ring (bicyclic) bond motifs is 1. The lowest BCUT2D eigenvalue weighted by molar-refractivity contribution is 0.239. The number of aromatic nitrogens is 5. The second kappa shape index (κ2) is 7.90. The van der Waals surface area contributed by atoms with Crippen LogP contribution in [0, 0.1) is 0 Å². The number of aryl methyl sites for hydroxylation is 1. The Bertz CT molecular complexity index is 962. The maximum absolute atomic E-state index is 12.3. The van der Waals surface area contributed by atoms with E-state index in [1.54, 1.807) is 29.1 Å². The Kier molecular flexibility index (Phi) is 5.17. The molecule has 1 atom stereocenters. The van der Waals surface area contributed by atoms with Crippen LogP contribution in [0.5, 0.6) is 0 Å². The molecule has 3 aromatic heterocycles. The third kappa shape index (κ3) is 3.80. The van der Waals surface area contributed by atoms with E-state index in [4.69, 9.17) is 0 Å². The Hall–Kier alpha value is -3.05. The van der Waals surface area contributed by atoms with E-state index in [0.717, 1.165) is 30.1 Å². The maximum atomic E-state index is 12.3. The Morgan fingerprint density at radius 1 is 1.39 bits per heavy atom. The van der Waals surface area contributed by atoms with E-state index in [9.17, 15) is 9.90 Å². The van der Waals surface area contributed by atoms with E-state index in [1.165, 1.54) is 11.3 Å². The average molecular weight is 400 g/mol. The van der Waals surface area contributed by atoms with E-state index in [0.29, 0.717) is 22.5 Å². The lowest BCUT2D eigenvalue weighted by Crippen LogP contribution is -2.20. The summed E-state index contributed by atoms with van der Waals surface area (Å²) in [5.41, 5.74) is 0.546. The van der Waals surface area contributed by atoms with Crippen LogP contribution in [0.4, 0.5) is 21.6 Å². The quantitative estimate of drug-likeness (QED) is 0.517. The molecule has 2 amide bonds. The van der Waals surface area contributed by atoms with E-state index >= 15 is 0 Å². The van der Waals surface area contributed by atoms with Crippen LogP contribution < -0.4 is 16.0 Å². The maximum Gasteiger partial charge on any atom is 0.326 e. The number of carbonyl (C=O) groups excluding carboxylic acids is 1. The monoisotopic (exact) mass is 400 g/mol. The molecular formula is C17H20N8O2S. The summed E-state index contributed by atoms with van der Waals surface area (Å²) in [4.78, 5) is 22.3. The third-order valence-electron chi connectivity index (χ3n) is 4.32. The number of hydrogen-bond donors (Lipinski definition) is 4. The summed E-state index contributed by atoms with van der Waals surface area (Å²) < 4.78 is 1.74. The number of anilines is 3. The molecule has 0 saturated heterocycles. The highest BCUT2D eigenvalue weighted by Crippen LogP contribution is 2.30. The van der Waals surface area contributed by atoms with Crippen molar-refractivity contribution in [1.29, 1.82) is 0 Å². The van der Waals surface area contributed by atoms with Gasteiger partial charge >= 0.3 is 6.03 Å². The van der Waals surface area contributed by atoms with Crippen LogP contribution in [0.2, 0.25) is 0 Å². The number of aliphatic hydroxyl groups is 1. The van der Waals surface area contributed by atoms with Crippen LogP contribution in [-0.4, -0.2) is 49.0 Å². The third-order valence-corrected chi connectivity index (χ3v) is 5.35. The van der Waals surface area contributed by atoms with Gasteiger partial charge in [0.15, 0.2) is 11.0 Å². The van der Waals surface area contributed by atoms with Crippen molar-refractivity contribution in [2.45, 2.75) is 25.8 Å². The number of urea groups is 1. The van der Waals surface area contributed by atoms with Gasteiger partial charge in [-0.1, -0.05) is 17.4 Å². The lowest BCUT2D eigenvalue weighted by Gasteiger charge is -2.12. The minimum Gasteiger partial charge on any atom is -0.394 e. The Labute approximate surface area is 165 Å². The molecule has 1 aliphatic heterocycles. The van der Waals surface area contributed by atoms with Crippen LogP contribution in [0.15, 0.2) is 24.5 Å². The first-order valence-electron chi connectivity index (χ1n) is 8.93. The SMILES string of the molecule is CC(CO)n1cnnc1-c1cccc(NC(=O)Nc2nc3c(s2)CCCN3)n1. The fraction of sp³-hybridized carbons (Fsp3) is 0.353. The number of carbonyl (C=O) groups is 1. The van der Waals surface area contributed by atoms with Gasteiger partial charge in [-0.2, -0.15) is 0 Å². The average Bonchev–Trinajstić information content (AvgIpc) is 3.34. The molecule has 0 aromatic carbocycles. The molecule has 10 nitrogen and oxygen atoms in total. The molecular weight excluding hydrogens is 380 g/mol. The predicted molar refractivity (Wildman–Crippen MR) is 107 cm³/mol. The smallest absolute Gasteiger partial charge is 0.326 e. The van der Waals surface area contributed by atoms with Gasteiger partial charge in [0.2, 0.25) is 0 Å². The molecule has 1 aliphatic rings. The Morgan fingerprint density at radius 3 is 3.11 bits per heavy atom. The first kappa shape index (κ1) is 18.3. The highest BCUT2D eigenvalue weighted by Gasteiger charge is 2.17. The number of thiazole rings is 1. The summed E-state index contributed by atoms with van der Waals surface area (Å²) in [6, 6.07) is 4.63. The second-order valence-corrected chi connectivity index (χ2v) is 7.49. The number of nitrogens with zero attached hydrogens (tertiary/aromatic N) is 5. The molecule has 0 saturated carbocycles. The van der Waals surface area contributed by atoms with Crippen molar-refractivity contribution in [1.82, 2.24) is 24.7 Å². The lowest BCUT2D eigenvalue weighted by atomic mass is 10.2. The van der Waals surface area contributed by atoms with Crippen LogP contribution >= 0.6 is 11.3 Å². The molecule has 3 aromatic rings. The molecule has 0 fully saturated rings. The highest BCUT2D eigenvalue weighted by atomic mass is 32.1. The zero-order valence-corrected chi connectivity index (χ0v) is 16.0. The van der Waals surface area contributed by atoms with Crippen LogP contribution in [0.3, 0.4) is 0 Å². The topological polar surface area (TPSA) is 130 Å². The molecule has 4 rings (SSSR count). The summed E-state index contributed by atoms with van der Waals surface area (Å²) in [5.74, 6) is 1.74. The molecule has 11 heteroatoms. The number of rotatable bonds is 5. The summed E-state index contributed by atoms with van der Waals surface area (Å²) in [6.07, 6.45) is 3.58. The van der Waals surface area contributed by atoms with Gasteiger partial charge in [0.1, 0.15) is 23.7 Å². The molecule has 0 bridgehead atoms. The van der Waals surface area contributed by atoms with Crippen molar-refractivity contribution in [2.75, 3.05) is 29.1 Å². The number of pyridine rings is 1. The van der Waals surface area contributed by atoms with Crippen molar-refractivity contribution in [3.05, 3.63) is 29.4 Å². The van der Waals surface area contributed by atoms with Gasteiger partial charge in [-0.15, -0.1) is 10.2 Å². The van der Waals surface area contributed by atoms with Gasteiger partial charge in [-0.25, -0.2) is 14.8 Å². The molecule has 1 unspecified atom stereocenters. The summed E-state index contributed by atoms with van der Waals surface area (Å²) in [6.45, 7) is 2.71. The molecule has 4 heterocycles. The van der Waals surface area contributed by atoms with Crippen LogP contribution in [0.25, 0.3) is 11.5 Å². The molecule has 0 radical (unpaired) electrons. The van der Waals surface area contributed by atoms with Gasteiger partial charge < -0.3 is 15.0 Å². The first-order valence-corrected chi connectivity index (χ1v) is 9.75. The minimum atomic E-state index is -0.416. The Morgan fingerprint density at radius 2 is 2.29 bits per heavy atom. The largest absolute Gasteiger partial charge is 0.394 e. The molecule has 4 N–H and O–H groups in total. The summed E-state index contributed by atoms with van der Waals surface area (Å²) in [7, 11) is 0. The Balaban J connectivity index is 1.47. The van der Waals surface area contributed by atoms with Gasteiger partial charge in [-0.05, 0) is 31.9 Å². The van der Waals surface area contributed by atoms with E-state index in [1.807, 2.05) is 6.92 Å². The van der Waals surface area contributed by atoms with Gasteiger partial charge in [0.05, 0.1) is 17.5 Å². The summed E-state index contributed by atoms with van der Waals surface area (Å²) >= 11 is 1.47. The zero-order valence-electron chi connectivity index (χ0n) is 15.2. The van der Waals surface area contributed by atoms with Crippen molar-refractivity contribution in [3.8, 4) is 11.5 Å². The van der Waals surface area contributed by atoms with Crippen molar-refractivity contribution in [3.63, 3.8) is 0 Å². The van der Waals surface area contributed by atoms with E-state index < -0.39 is 6.03 Å². The standard InChI is InChI=1S/C17H20N8O2S/c1-10(8-26)25-9-19-24-15(25)11-4-2-6-13(20-11)21-16(27)23-17-22-14-12(28-17)5-3-7-18-14/h2,4,6,9-10,18,26H,3,5,7-8H2,1H3,(H2,20,21,22,23,27). The fourth-order valence-corrected chi connectivity index (χ4v) is 3.85. The molecule has 146 valence electrons. The fourth-order valence-electron chi connectivity index (χ4n) is 2.88. The van der Waals surface area contributed by atoms with Crippen molar-refractivity contribution >= 4 is 34.1 Å². The normalized spacial score (nSPS) is 14.1.